The van der Waals surface area contributed by atoms with E-state index in [0.717, 1.165) is 37.6 Å². The molecule has 7 heteroatoms. The number of aryl methyl sites for hydroxylation is 1. The van der Waals surface area contributed by atoms with Crippen molar-refractivity contribution in [3.63, 3.8) is 0 Å². The first-order chi connectivity index (χ1) is 12.5. The molecular formula is C19H23F2N5. The van der Waals surface area contributed by atoms with Crippen LogP contribution in [-0.2, 0) is 6.42 Å². The van der Waals surface area contributed by atoms with Crippen molar-refractivity contribution < 1.29 is 8.78 Å². The van der Waals surface area contributed by atoms with E-state index >= 15 is 0 Å². The van der Waals surface area contributed by atoms with Gasteiger partial charge in [-0.2, -0.15) is 0 Å². The normalized spacial score (nSPS) is 22.4. The summed E-state index contributed by atoms with van der Waals surface area (Å²) in [4.78, 5) is 12.9. The molecule has 1 aromatic heterocycles. The third kappa shape index (κ3) is 3.11. The summed E-state index contributed by atoms with van der Waals surface area (Å²) in [5, 5.41) is 3.15. The number of rotatable bonds is 5. The molecule has 2 bridgehead atoms. The number of anilines is 3. The lowest BCUT2D eigenvalue weighted by atomic mass is 10.1. The molecule has 0 amide bonds. The van der Waals surface area contributed by atoms with Crippen LogP contribution >= 0.6 is 0 Å². The Labute approximate surface area is 152 Å². The van der Waals surface area contributed by atoms with Crippen LogP contribution in [0.15, 0.2) is 30.6 Å². The Kier molecular flexibility index (Phi) is 4.48. The Morgan fingerprint density at radius 3 is 2.54 bits per heavy atom. The summed E-state index contributed by atoms with van der Waals surface area (Å²) < 4.78 is 25.2. The Balaban J connectivity index is 1.52. The molecule has 2 unspecified atom stereocenters. The van der Waals surface area contributed by atoms with Crippen LogP contribution in [0.5, 0.6) is 0 Å². The van der Waals surface area contributed by atoms with E-state index in [9.17, 15) is 8.78 Å². The van der Waals surface area contributed by atoms with Crippen molar-refractivity contribution in [2.24, 2.45) is 0 Å². The van der Waals surface area contributed by atoms with Crippen molar-refractivity contribution in [3.8, 4) is 0 Å². The molecule has 26 heavy (non-hydrogen) atoms. The van der Waals surface area contributed by atoms with Crippen LogP contribution in [0.3, 0.4) is 0 Å². The van der Waals surface area contributed by atoms with Gasteiger partial charge in [-0.25, -0.2) is 18.7 Å². The predicted molar refractivity (Wildman–Crippen MR) is 98.3 cm³/mol. The number of likely N-dealkylation sites (N-methyl/N-ethyl adjacent to an activating group) is 1. The van der Waals surface area contributed by atoms with Gasteiger partial charge in [0.1, 0.15) is 0 Å². The molecule has 2 aliphatic heterocycles. The summed E-state index contributed by atoms with van der Waals surface area (Å²) in [5.41, 5.74) is 3.17. The third-order valence-electron chi connectivity index (χ3n) is 5.49. The molecule has 2 fully saturated rings. The first-order valence-corrected chi connectivity index (χ1v) is 9.02. The molecule has 2 aliphatic rings. The Bertz CT molecular complexity index is 778. The molecule has 0 saturated carbocycles. The predicted octanol–water partition coefficient (Wildman–Crippen LogP) is 3.61. The average Bonchev–Trinajstić information content (AvgIpc) is 3.22. The summed E-state index contributed by atoms with van der Waals surface area (Å²) >= 11 is 0. The number of hydrogen-bond donors (Lipinski definition) is 1. The number of likely N-dealkylation sites (tertiary alicyclic amines) is 1. The molecule has 0 aliphatic carbocycles. The number of nitrogens with one attached hydrogen (secondary N) is 1. The van der Waals surface area contributed by atoms with Gasteiger partial charge >= 0.3 is 0 Å². The lowest BCUT2D eigenvalue weighted by Gasteiger charge is -2.34. The van der Waals surface area contributed by atoms with Crippen LogP contribution < -0.4 is 10.2 Å². The van der Waals surface area contributed by atoms with E-state index in [1.165, 1.54) is 17.7 Å². The van der Waals surface area contributed by atoms with Crippen LogP contribution in [0.1, 0.15) is 30.9 Å². The zero-order valence-corrected chi connectivity index (χ0v) is 15.0. The second-order valence-corrected chi connectivity index (χ2v) is 7.10. The van der Waals surface area contributed by atoms with Gasteiger partial charge in [0.2, 0.25) is 5.95 Å². The van der Waals surface area contributed by atoms with Gasteiger partial charge in [0.15, 0.2) is 0 Å². The Morgan fingerprint density at radius 2 is 1.96 bits per heavy atom. The first kappa shape index (κ1) is 17.1. The number of aromatic nitrogens is 2. The maximum atomic E-state index is 12.6. The number of halogens is 2. The van der Waals surface area contributed by atoms with Gasteiger partial charge in [0.25, 0.3) is 6.43 Å². The van der Waals surface area contributed by atoms with Crippen molar-refractivity contribution in [2.45, 2.75) is 38.3 Å². The standard InChI is InChI=1S/C19H23F2N5/c1-3-12-6-14(26-11-15-7-16(26)10-25(15)2)4-5-17(12)24-19-22-8-13(9-23-19)18(20)21/h4-6,8-9,15-16,18H,3,7,10-11H2,1-2H3,(H,22,23,24). The van der Waals surface area contributed by atoms with Crippen LogP contribution in [0, 0.1) is 0 Å². The molecule has 4 rings (SSSR count). The van der Waals surface area contributed by atoms with E-state index in [1.54, 1.807) is 0 Å². The summed E-state index contributed by atoms with van der Waals surface area (Å²) in [6.45, 7) is 4.31. The molecule has 2 saturated heterocycles. The number of nitrogens with zero attached hydrogens (tertiary/aromatic N) is 4. The molecule has 2 aromatic rings. The Morgan fingerprint density at radius 1 is 1.19 bits per heavy atom. The van der Waals surface area contributed by atoms with Crippen molar-refractivity contribution in [3.05, 3.63) is 41.7 Å². The van der Waals surface area contributed by atoms with Gasteiger partial charge in [-0.05, 0) is 43.7 Å². The molecule has 0 radical (unpaired) electrons. The van der Waals surface area contributed by atoms with Crippen LogP contribution in [0.25, 0.3) is 0 Å². The maximum Gasteiger partial charge on any atom is 0.266 e. The van der Waals surface area contributed by atoms with Crippen molar-refractivity contribution in [1.29, 1.82) is 0 Å². The molecule has 5 nitrogen and oxygen atoms in total. The fourth-order valence-corrected chi connectivity index (χ4v) is 3.99. The van der Waals surface area contributed by atoms with Gasteiger partial charge in [-0.3, -0.25) is 4.90 Å². The van der Waals surface area contributed by atoms with Gasteiger partial charge in [0.05, 0.1) is 5.56 Å². The van der Waals surface area contributed by atoms with Gasteiger partial charge in [0, 0.05) is 48.9 Å². The summed E-state index contributed by atoms with van der Waals surface area (Å²) in [5.74, 6) is 0.332. The average molecular weight is 359 g/mol. The number of piperazine rings is 1. The first-order valence-electron chi connectivity index (χ1n) is 9.02. The largest absolute Gasteiger partial charge is 0.366 e. The fourth-order valence-electron chi connectivity index (χ4n) is 3.99. The minimum Gasteiger partial charge on any atom is -0.366 e. The minimum atomic E-state index is -2.55. The number of fused-ring (bicyclic) bond motifs is 2. The fraction of sp³-hybridized carbons (Fsp3) is 0.474. The summed E-state index contributed by atoms with van der Waals surface area (Å²) in [6, 6.07) is 7.63. The molecule has 3 heterocycles. The molecular weight excluding hydrogens is 336 g/mol. The minimum absolute atomic E-state index is 0.171. The quantitative estimate of drug-likeness (QED) is 0.883. The summed E-state index contributed by atoms with van der Waals surface area (Å²) in [6.07, 6.45) is 1.88. The highest BCUT2D eigenvalue weighted by Gasteiger charge is 2.41. The van der Waals surface area contributed by atoms with Crippen molar-refractivity contribution in [1.82, 2.24) is 14.9 Å². The van der Waals surface area contributed by atoms with Gasteiger partial charge in [-0.15, -0.1) is 0 Å². The van der Waals surface area contributed by atoms with Crippen LogP contribution in [0.4, 0.5) is 26.1 Å². The zero-order chi connectivity index (χ0) is 18.3. The van der Waals surface area contributed by atoms with Crippen molar-refractivity contribution >= 4 is 17.3 Å². The summed E-state index contributed by atoms with van der Waals surface area (Å²) in [7, 11) is 2.20. The van der Waals surface area contributed by atoms with E-state index < -0.39 is 6.43 Å². The molecule has 2 atom stereocenters. The van der Waals surface area contributed by atoms with Crippen LogP contribution in [0.2, 0.25) is 0 Å². The second-order valence-electron chi connectivity index (χ2n) is 7.10. The maximum absolute atomic E-state index is 12.6. The van der Waals surface area contributed by atoms with E-state index in [2.05, 4.69) is 51.2 Å². The van der Waals surface area contributed by atoms with E-state index in [0.29, 0.717) is 18.0 Å². The topological polar surface area (TPSA) is 44.3 Å². The van der Waals surface area contributed by atoms with Crippen molar-refractivity contribution in [2.75, 3.05) is 30.4 Å². The lowest BCUT2D eigenvalue weighted by Crippen LogP contribution is -2.44. The van der Waals surface area contributed by atoms with Gasteiger partial charge in [-0.1, -0.05) is 6.92 Å². The monoisotopic (exact) mass is 359 g/mol. The second kappa shape index (κ2) is 6.79. The smallest absolute Gasteiger partial charge is 0.266 e. The third-order valence-corrected chi connectivity index (χ3v) is 5.49. The lowest BCUT2D eigenvalue weighted by molar-refractivity contribution is 0.150. The molecule has 1 aromatic carbocycles. The highest BCUT2D eigenvalue weighted by molar-refractivity contribution is 5.65. The van der Waals surface area contributed by atoms with E-state index in [1.807, 2.05) is 6.07 Å². The zero-order valence-electron chi connectivity index (χ0n) is 15.0. The molecule has 1 N–H and O–H groups in total. The highest BCUT2D eigenvalue weighted by Crippen LogP contribution is 2.35. The number of benzene rings is 1. The SMILES string of the molecule is CCc1cc(N2CC3CC2CN3C)ccc1Nc1ncc(C(F)F)cn1. The number of alkyl halides is 2. The van der Waals surface area contributed by atoms with E-state index in [4.69, 9.17) is 0 Å². The van der Waals surface area contributed by atoms with E-state index in [-0.39, 0.29) is 5.56 Å². The molecule has 0 spiro atoms. The Hall–Kier alpha value is -2.28. The van der Waals surface area contributed by atoms with Gasteiger partial charge < -0.3 is 10.2 Å². The highest BCUT2D eigenvalue weighted by atomic mass is 19.3. The molecule has 138 valence electrons. The number of hydrogen-bond acceptors (Lipinski definition) is 5. The van der Waals surface area contributed by atoms with Crippen LogP contribution in [-0.4, -0.2) is 47.1 Å².